The molecule has 1 fully saturated rings. The van der Waals surface area contributed by atoms with Gasteiger partial charge in [-0.1, -0.05) is 42.5 Å². The first-order valence-corrected chi connectivity index (χ1v) is 11.2. The van der Waals surface area contributed by atoms with E-state index >= 15 is 0 Å². The highest BCUT2D eigenvalue weighted by Crippen LogP contribution is 2.41. The van der Waals surface area contributed by atoms with Gasteiger partial charge in [0.1, 0.15) is 11.3 Å². The van der Waals surface area contributed by atoms with Crippen molar-refractivity contribution in [1.29, 1.82) is 0 Å². The number of para-hydroxylation sites is 1. The van der Waals surface area contributed by atoms with Gasteiger partial charge in [0.15, 0.2) is 5.78 Å². The number of ether oxygens (including phenoxy) is 1. The minimum absolute atomic E-state index is 0.0554. The Hall–Kier alpha value is -3.87. The van der Waals surface area contributed by atoms with E-state index in [-0.39, 0.29) is 52.3 Å². The minimum Gasteiger partial charge on any atom is -0.494 e. The number of ketones is 2. The third kappa shape index (κ3) is 3.31. The van der Waals surface area contributed by atoms with Crippen molar-refractivity contribution in [2.45, 2.75) is 25.8 Å². The van der Waals surface area contributed by atoms with Crippen LogP contribution in [0, 0.1) is 0 Å². The van der Waals surface area contributed by atoms with Gasteiger partial charge in [0.25, 0.3) is 0 Å². The van der Waals surface area contributed by atoms with Crippen molar-refractivity contribution < 1.29 is 24.2 Å². The van der Waals surface area contributed by atoms with Crippen LogP contribution >= 0.6 is 0 Å². The van der Waals surface area contributed by atoms with Gasteiger partial charge in [0.05, 0.1) is 12.2 Å². The van der Waals surface area contributed by atoms with E-state index in [0.717, 1.165) is 5.69 Å². The molecule has 1 N–H and O–H groups in total. The van der Waals surface area contributed by atoms with Crippen LogP contribution in [0.2, 0.25) is 0 Å². The SMILES string of the molecule is CCOC(=O)c1c2c(n(C3CCN(c4ccccc4)CC3)c1O)C(=O)c1ccccc1C2=O. The molecule has 2 aromatic carbocycles. The first-order chi connectivity index (χ1) is 16.0. The van der Waals surface area contributed by atoms with Crippen LogP contribution in [0.5, 0.6) is 5.88 Å². The molecule has 0 radical (unpaired) electrons. The minimum atomic E-state index is -0.799. The molecule has 0 amide bonds. The molecule has 0 bridgehead atoms. The van der Waals surface area contributed by atoms with Gasteiger partial charge in [-0.15, -0.1) is 0 Å². The van der Waals surface area contributed by atoms with Gasteiger partial charge in [-0.05, 0) is 31.9 Å². The van der Waals surface area contributed by atoms with Crippen molar-refractivity contribution in [3.05, 3.63) is 82.5 Å². The maximum Gasteiger partial charge on any atom is 0.344 e. The van der Waals surface area contributed by atoms with E-state index < -0.39 is 11.8 Å². The zero-order chi connectivity index (χ0) is 23.1. The van der Waals surface area contributed by atoms with Crippen molar-refractivity contribution >= 4 is 23.2 Å². The Morgan fingerprint density at radius 2 is 1.58 bits per heavy atom. The second kappa shape index (κ2) is 8.24. The first kappa shape index (κ1) is 21.0. The number of nitrogens with zero attached hydrogens (tertiary/aromatic N) is 2. The number of hydrogen-bond donors (Lipinski definition) is 1. The van der Waals surface area contributed by atoms with Crippen LogP contribution in [0.4, 0.5) is 5.69 Å². The predicted molar refractivity (Wildman–Crippen MR) is 122 cm³/mol. The third-order valence-corrected chi connectivity index (χ3v) is 6.47. The van der Waals surface area contributed by atoms with Crippen LogP contribution < -0.4 is 4.90 Å². The molecule has 2 aliphatic rings. The molecule has 1 saturated heterocycles. The summed E-state index contributed by atoms with van der Waals surface area (Å²) in [4.78, 5) is 41.9. The van der Waals surface area contributed by atoms with Gasteiger partial charge in [-0.2, -0.15) is 0 Å². The van der Waals surface area contributed by atoms with E-state index in [9.17, 15) is 19.5 Å². The molecule has 168 valence electrons. The lowest BCUT2D eigenvalue weighted by atomic mass is 9.86. The molecule has 0 spiro atoms. The summed E-state index contributed by atoms with van der Waals surface area (Å²) in [7, 11) is 0. The molecule has 7 heteroatoms. The number of aromatic hydroxyl groups is 1. The summed E-state index contributed by atoms with van der Waals surface area (Å²) in [6, 6.07) is 16.4. The Balaban J connectivity index is 1.58. The highest BCUT2D eigenvalue weighted by Gasteiger charge is 2.42. The average Bonchev–Trinajstić information content (AvgIpc) is 3.16. The maximum atomic E-state index is 13.5. The number of aromatic nitrogens is 1. The molecule has 0 atom stereocenters. The number of carbonyl (C=O) groups is 3. The van der Waals surface area contributed by atoms with Gasteiger partial charge in [0.2, 0.25) is 11.7 Å². The van der Waals surface area contributed by atoms with E-state index in [4.69, 9.17) is 4.74 Å². The van der Waals surface area contributed by atoms with E-state index in [0.29, 0.717) is 25.9 Å². The summed E-state index contributed by atoms with van der Waals surface area (Å²) in [6.07, 6.45) is 1.30. The molecule has 0 saturated carbocycles. The van der Waals surface area contributed by atoms with Gasteiger partial charge in [0, 0.05) is 35.9 Å². The van der Waals surface area contributed by atoms with Crippen molar-refractivity contribution in [3.8, 4) is 5.88 Å². The van der Waals surface area contributed by atoms with E-state index in [1.54, 1.807) is 31.2 Å². The molecule has 0 unspecified atom stereocenters. The normalized spacial score (nSPS) is 15.8. The largest absolute Gasteiger partial charge is 0.494 e. The van der Waals surface area contributed by atoms with Crippen molar-refractivity contribution in [3.63, 3.8) is 0 Å². The highest BCUT2D eigenvalue weighted by molar-refractivity contribution is 6.30. The lowest BCUT2D eigenvalue weighted by Gasteiger charge is -2.35. The lowest BCUT2D eigenvalue weighted by molar-refractivity contribution is 0.0519. The number of benzene rings is 2. The number of anilines is 1. The quantitative estimate of drug-likeness (QED) is 0.479. The molecule has 1 aliphatic carbocycles. The van der Waals surface area contributed by atoms with E-state index in [1.165, 1.54) is 4.57 Å². The van der Waals surface area contributed by atoms with Crippen LogP contribution in [0.1, 0.15) is 68.1 Å². The fraction of sp³-hybridized carbons (Fsp3) is 0.269. The molecule has 5 rings (SSSR count). The number of esters is 1. The standard InChI is InChI=1S/C26H24N2O5/c1-2-33-26(32)21-20-22(24(30)19-11-7-6-10-18(19)23(20)29)28(25(21)31)17-12-14-27(15-13-17)16-8-4-3-5-9-16/h3-11,17,31H,2,12-15H2,1H3. The number of rotatable bonds is 4. The first-order valence-electron chi connectivity index (χ1n) is 11.2. The van der Waals surface area contributed by atoms with Crippen LogP contribution in [-0.4, -0.2) is 46.9 Å². The van der Waals surface area contributed by atoms with Gasteiger partial charge in [-0.25, -0.2) is 4.79 Å². The summed E-state index contributed by atoms with van der Waals surface area (Å²) in [5, 5.41) is 11.2. The van der Waals surface area contributed by atoms with E-state index in [2.05, 4.69) is 4.90 Å². The van der Waals surface area contributed by atoms with Crippen LogP contribution in [0.15, 0.2) is 54.6 Å². The number of fused-ring (bicyclic) bond motifs is 2. The van der Waals surface area contributed by atoms with Crippen molar-refractivity contribution in [1.82, 2.24) is 4.57 Å². The Bertz CT molecular complexity index is 1250. The van der Waals surface area contributed by atoms with Crippen molar-refractivity contribution in [2.24, 2.45) is 0 Å². The molecule has 2 heterocycles. The van der Waals surface area contributed by atoms with Crippen molar-refractivity contribution in [2.75, 3.05) is 24.6 Å². The summed E-state index contributed by atoms with van der Waals surface area (Å²) in [5.74, 6) is -1.98. The number of piperidine rings is 1. The van der Waals surface area contributed by atoms with Gasteiger partial charge < -0.3 is 19.3 Å². The molecule has 1 aromatic heterocycles. The maximum absolute atomic E-state index is 13.5. The lowest BCUT2D eigenvalue weighted by Crippen LogP contribution is -2.35. The Morgan fingerprint density at radius 1 is 0.970 bits per heavy atom. The smallest absolute Gasteiger partial charge is 0.344 e. The molecular formula is C26H24N2O5. The summed E-state index contributed by atoms with van der Waals surface area (Å²) in [5.41, 5.74) is 1.44. The van der Waals surface area contributed by atoms with Crippen LogP contribution in [0.25, 0.3) is 0 Å². The molecule has 3 aromatic rings. The van der Waals surface area contributed by atoms with Crippen LogP contribution in [-0.2, 0) is 4.74 Å². The summed E-state index contributed by atoms with van der Waals surface area (Å²) < 4.78 is 6.64. The Morgan fingerprint density at radius 3 is 2.21 bits per heavy atom. The monoisotopic (exact) mass is 444 g/mol. The molecule has 1 aliphatic heterocycles. The highest BCUT2D eigenvalue weighted by atomic mass is 16.5. The molecule has 33 heavy (non-hydrogen) atoms. The fourth-order valence-corrected chi connectivity index (χ4v) is 4.94. The topological polar surface area (TPSA) is 88.8 Å². The van der Waals surface area contributed by atoms with Gasteiger partial charge >= 0.3 is 5.97 Å². The number of carbonyl (C=O) groups excluding carboxylic acids is 3. The molecule has 7 nitrogen and oxygen atoms in total. The van der Waals surface area contributed by atoms with Crippen LogP contribution in [0.3, 0.4) is 0 Å². The summed E-state index contributed by atoms with van der Waals surface area (Å²) in [6.45, 7) is 3.18. The number of hydrogen-bond acceptors (Lipinski definition) is 6. The second-order valence-corrected chi connectivity index (χ2v) is 8.27. The zero-order valence-electron chi connectivity index (χ0n) is 18.3. The Kier molecular flexibility index (Phi) is 5.24. The van der Waals surface area contributed by atoms with E-state index in [1.807, 2.05) is 30.3 Å². The second-order valence-electron chi connectivity index (χ2n) is 8.27. The average molecular weight is 444 g/mol. The molecular weight excluding hydrogens is 420 g/mol. The van der Waals surface area contributed by atoms with Gasteiger partial charge in [-0.3, -0.25) is 9.59 Å². The zero-order valence-corrected chi connectivity index (χ0v) is 18.3. The summed E-state index contributed by atoms with van der Waals surface area (Å²) >= 11 is 0. The predicted octanol–water partition coefficient (Wildman–Crippen LogP) is 3.99. The third-order valence-electron chi connectivity index (χ3n) is 6.47. The Labute approximate surface area is 191 Å². The fourth-order valence-electron chi connectivity index (χ4n) is 4.94.